The minimum absolute atomic E-state index is 0.136. The summed E-state index contributed by atoms with van der Waals surface area (Å²) < 4.78 is 9.86. The minimum atomic E-state index is -1.80. The molecule has 0 radical (unpaired) electrons. The molecule has 3 saturated heterocycles. The van der Waals surface area contributed by atoms with E-state index in [-0.39, 0.29) is 6.10 Å². The lowest BCUT2D eigenvalue weighted by atomic mass is 9.85. The summed E-state index contributed by atoms with van der Waals surface area (Å²) in [5.74, 6) is -0.197. The maximum atomic E-state index is 13.0. The number of aromatic nitrogens is 1. The van der Waals surface area contributed by atoms with Crippen LogP contribution in [0.4, 0.5) is 0 Å². The van der Waals surface area contributed by atoms with Gasteiger partial charge in [-0.2, -0.15) is 0 Å². The Morgan fingerprint density at radius 3 is 2.58 bits per heavy atom. The highest BCUT2D eigenvalue weighted by atomic mass is 32.1. The largest absolute Gasteiger partial charge is 0.458 e. The van der Waals surface area contributed by atoms with Gasteiger partial charge in [0.05, 0.1) is 4.88 Å². The zero-order valence-corrected chi connectivity index (χ0v) is 14.1. The van der Waals surface area contributed by atoms with Crippen LogP contribution in [-0.4, -0.2) is 46.1 Å². The topological polar surface area (TPSA) is 62.7 Å². The van der Waals surface area contributed by atoms with E-state index in [1.165, 1.54) is 0 Å². The number of piperidine rings is 3. The highest BCUT2D eigenvalue weighted by molar-refractivity contribution is 7.06. The number of carbonyl (C=O) groups excluding carboxylic acids is 1. The second-order valence-corrected chi connectivity index (χ2v) is 7.37. The summed E-state index contributed by atoms with van der Waals surface area (Å²) in [5.41, 5.74) is -1.28. The van der Waals surface area contributed by atoms with Crippen LogP contribution in [0.25, 0.3) is 0 Å². The van der Waals surface area contributed by atoms with E-state index in [2.05, 4.69) is 9.27 Å². The van der Waals surface area contributed by atoms with E-state index in [0.717, 1.165) is 44.0 Å². The molecule has 2 unspecified atom stereocenters. The molecule has 0 saturated carbocycles. The van der Waals surface area contributed by atoms with Gasteiger partial charge in [0.2, 0.25) is 5.60 Å². The second kappa shape index (κ2) is 6.27. The van der Waals surface area contributed by atoms with Gasteiger partial charge in [0.1, 0.15) is 6.10 Å². The number of carbonyl (C=O) groups is 1. The number of aliphatic hydroxyl groups is 1. The quantitative estimate of drug-likeness (QED) is 0.860. The van der Waals surface area contributed by atoms with Crippen molar-refractivity contribution in [3.05, 3.63) is 53.0 Å². The fourth-order valence-electron chi connectivity index (χ4n) is 3.71. The number of rotatable bonds is 4. The molecule has 2 atom stereocenters. The number of esters is 1. The Kier molecular flexibility index (Phi) is 4.12. The summed E-state index contributed by atoms with van der Waals surface area (Å²) in [4.78, 5) is 15.8. The Morgan fingerprint density at radius 2 is 2.00 bits per heavy atom. The Balaban J connectivity index is 1.63. The third kappa shape index (κ3) is 2.64. The molecule has 24 heavy (non-hydrogen) atoms. The zero-order valence-electron chi connectivity index (χ0n) is 13.3. The molecule has 2 aromatic rings. The lowest BCUT2D eigenvalue weighted by Gasteiger charge is -2.44. The van der Waals surface area contributed by atoms with Crippen LogP contribution < -0.4 is 0 Å². The van der Waals surface area contributed by atoms with Gasteiger partial charge in [-0.05, 0) is 49.4 Å². The molecular weight excluding hydrogens is 324 g/mol. The molecule has 3 aliphatic rings. The molecule has 1 aromatic carbocycles. The first-order valence-corrected chi connectivity index (χ1v) is 9.08. The van der Waals surface area contributed by atoms with Gasteiger partial charge >= 0.3 is 5.97 Å². The van der Waals surface area contributed by atoms with Gasteiger partial charge in [-0.25, -0.2) is 9.17 Å². The van der Waals surface area contributed by atoms with Crippen LogP contribution in [0.1, 0.15) is 23.3 Å². The van der Waals surface area contributed by atoms with Crippen molar-refractivity contribution in [1.82, 2.24) is 9.27 Å². The summed E-state index contributed by atoms with van der Waals surface area (Å²) >= 11 is 1.12. The standard InChI is InChI=1S/C18H20N2O3S/c21-17(23-15-12-20-10-7-13(15)8-11-20)18(22,16-6-9-19-24-16)14-4-2-1-3-5-14/h1-6,9,13,15,22H,7-8,10-12H2. The fraction of sp³-hybridized carbons (Fsp3) is 0.444. The molecule has 5 nitrogen and oxygen atoms in total. The van der Waals surface area contributed by atoms with Gasteiger partial charge in [0.25, 0.3) is 0 Å². The highest BCUT2D eigenvalue weighted by Crippen LogP contribution is 2.36. The first-order chi connectivity index (χ1) is 11.7. The third-order valence-electron chi connectivity index (χ3n) is 5.14. The van der Waals surface area contributed by atoms with Crippen LogP contribution in [0.3, 0.4) is 0 Å². The maximum Gasteiger partial charge on any atom is 0.348 e. The summed E-state index contributed by atoms with van der Waals surface area (Å²) in [7, 11) is 0. The Labute approximate surface area is 145 Å². The van der Waals surface area contributed by atoms with Crippen molar-refractivity contribution in [3.63, 3.8) is 0 Å². The van der Waals surface area contributed by atoms with Gasteiger partial charge in [0.15, 0.2) is 0 Å². The predicted molar refractivity (Wildman–Crippen MR) is 90.6 cm³/mol. The molecule has 4 heterocycles. The van der Waals surface area contributed by atoms with E-state index in [4.69, 9.17) is 4.74 Å². The second-order valence-electron chi connectivity index (χ2n) is 6.53. The van der Waals surface area contributed by atoms with Crippen molar-refractivity contribution >= 4 is 17.5 Å². The molecule has 2 bridgehead atoms. The molecule has 1 N–H and O–H groups in total. The minimum Gasteiger partial charge on any atom is -0.458 e. The van der Waals surface area contributed by atoms with Crippen molar-refractivity contribution in [2.45, 2.75) is 24.5 Å². The van der Waals surface area contributed by atoms with Gasteiger partial charge in [0, 0.05) is 18.3 Å². The van der Waals surface area contributed by atoms with E-state index in [9.17, 15) is 9.90 Å². The van der Waals surface area contributed by atoms with Gasteiger partial charge in [-0.15, -0.1) is 0 Å². The van der Waals surface area contributed by atoms with E-state index in [1.54, 1.807) is 24.4 Å². The number of hydrogen-bond donors (Lipinski definition) is 1. The van der Waals surface area contributed by atoms with Crippen LogP contribution in [0.2, 0.25) is 0 Å². The fourth-order valence-corrected chi connectivity index (χ4v) is 4.40. The predicted octanol–water partition coefficient (Wildman–Crippen LogP) is 2.02. The lowest BCUT2D eigenvalue weighted by Crippen LogP contribution is -2.53. The van der Waals surface area contributed by atoms with Crippen molar-refractivity contribution in [2.24, 2.45) is 5.92 Å². The first kappa shape index (κ1) is 15.7. The number of nitrogens with zero attached hydrogens (tertiary/aromatic N) is 2. The molecule has 0 aliphatic carbocycles. The average molecular weight is 344 g/mol. The first-order valence-electron chi connectivity index (χ1n) is 8.30. The van der Waals surface area contributed by atoms with Crippen LogP contribution in [-0.2, 0) is 15.1 Å². The normalized spacial score (nSPS) is 28.3. The van der Waals surface area contributed by atoms with Crippen molar-refractivity contribution < 1.29 is 14.6 Å². The Morgan fingerprint density at radius 1 is 1.25 bits per heavy atom. The molecule has 5 rings (SSSR count). The van der Waals surface area contributed by atoms with Crippen LogP contribution >= 0.6 is 11.5 Å². The van der Waals surface area contributed by atoms with E-state index >= 15 is 0 Å². The molecule has 126 valence electrons. The third-order valence-corrected chi connectivity index (χ3v) is 5.99. The maximum absolute atomic E-state index is 13.0. The Hall–Kier alpha value is -1.76. The summed E-state index contributed by atoms with van der Waals surface area (Å²) in [6.45, 7) is 2.93. The number of ether oxygens (including phenoxy) is 1. The van der Waals surface area contributed by atoms with Gasteiger partial charge in [-0.1, -0.05) is 30.3 Å². The van der Waals surface area contributed by atoms with E-state index in [0.29, 0.717) is 16.4 Å². The molecule has 0 amide bonds. The van der Waals surface area contributed by atoms with Gasteiger partial charge < -0.3 is 9.84 Å². The van der Waals surface area contributed by atoms with Crippen molar-refractivity contribution in [2.75, 3.05) is 19.6 Å². The molecule has 3 fully saturated rings. The van der Waals surface area contributed by atoms with Crippen LogP contribution in [0.15, 0.2) is 42.6 Å². The van der Waals surface area contributed by atoms with Crippen LogP contribution in [0.5, 0.6) is 0 Å². The van der Waals surface area contributed by atoms with Crippen molar-refractivity contribution in [1.29, 1.82) is 0 Å². The monoisotopic (exact) mass is 344 g/mol. The SMILES string of the molecule is O=C(OC1CN2CCC1CC2)C(O)(c1ccccc1)c1ccns1. The van der Waals surface area contributed by atoms with Crippen LogP contribution in [0, 0.1) is 5.92 Å². The molecule has 3 aliphatic heterocycles. The van der Waals surface area contributed by atoms with E-state index in [1.807, 2.05) is 18.2 Å². The summed E-state index contributed by atoms with van der Waals surface area (Å²) in [6, 6.07) is 10.6. The average Bonchev–Trinajstić information content (AvgIpc) is 3.18. The van der Waals surface area contributed by atoms with Gasteiger partial charge in [-0.3, -0.25) is 4.90 Å². The highest BCUT2D eigenvalue weighted by Gasteiger charge is 2.46. The number of hydrogen-bond acceptors (Lipinski definition) is 6. The summed E-state index contributed by atoms with van der Waals surface area (Å²) in [5, 5.41) is 11.3. The molecular formula is C18H20N2O3S. The summed E-state index contributed by atoms with van der Waals surface area (Å²) in [6.07, 6.45) is 3.57. The zero-order chi connectivity index (χ0) is 16.6. The smallest absolute Gasteiger partial charge is 0.348 e. The molecule has 1 aromatic heterocycles. The number of fused-ring (bicyclic) bond motifs is 3. The van der Waals surface area contributed by atoms with Crippen molar-refractivity contribution in [3.8, 4) is 0 Å². The van der Waals surface area contributed by atoms with E-state index < -0.39 is 11.6 Å². The Bertz CT molecular complexity index is 698. The molecule has 0 spiro atoms. The number of benzene rings is 1. The molecule has 6 heteroatoms. The lowest BCUT2D eigenvalue weighted by molar-refractivity contribution is -0.176.